The van der Waals surface area contributed by atoms with Gasteiger partial charge in [-0.15, -0.1) is 0 Å². The maximum atomic E-state index is 12.4. The minimum absolute atomic E-state index is 0.256. The van der Waals surface area contributed by atoms with Gasteiger partial charge in [-0.3, -0.25) is 4.79 Å². The molecule has 2 unspecified atom stereocenters. The van der Waals surface area contributed by atoms with E-state index in [9.17, 15) is 4.79 Å². The summed E-state index contributed by atoms with van der Waals surface area (Å²) in [5.41, 5.74) is 0. The Kier molecular flexibility index (Phi) is 32.6. The maximum Gasteiger partial charge on any atom is 0.220 e. The van der Waals surface area contributed by atoms with Crippen LogP contribution >= 0.6 is 0 Å². The number of nitrogens with one attached hydrogen (secondary N) is 1. The normalized spacial score (nSPS) is 13.4. The Labute approximate surface area is 259 Å². The van der Waals surface area contributed by atoms with Crippen LogP contribution in [0.3, 0.4) is 0 Å². The summed E-state index contributed by atoms with van der Waals surface area (Å²) in [6.07, 6.45) is 46.0. The van der Waals surface area contributed by atoms with Crippen molar-refractivity contribution in [2.45, 2.75) is 214 Å². The largest absolute Gasteiger partial charge is 0.353 e. The predicted molar refractivity (Wildman–Crippen MR) is 186 cm³/mol. The number of rotatable bonds is 32. The van der Waals surface area contributed by atoms with Crippen LogP contribution in [0.5, 0.6) is 0 Å². The van der Waals surface area contributed by atoms with Crippen LogP contribution < -0.4 is 5.32 Å². The van der Waals surface area contributed by atoms with Gasteiger partial charge in [-0.2, -0.15) is 0 Å². The van der Waals surface area contributed by atoms with E-state index in [1.165, 1.54) is 167 Å². The molecule has 0 heterocycles. The lowest BCUT2D eigenvalue weighted by Gasteiger charge is -2.21. The molecule has 0 aromatic heterocycles. The van der Waals surface area contributed by atoms with Crippen molar-refractivity contribution in [3.8, 4) is 0 Å². The van der Waals surface area contributed by atoms with Gasteiger partial charge in [0, 0.05) is 12.5 Å². The van der Waals surface area contributed by atoms with Crippen LogP contribution in [0.1, 0.15) is 207 Å². The van der Waals surface area contributed by atoms with Crippen molar-refractivity contribution in [1.82, 2.24) is 5.32 Å². The summed E-state index contributed by atoms with van der Waals surface area (Å²) in [6, 6.07) is 0.294. The third-order valence-electron chi connectivity index (χ3n) is 8.83. The van der Waals surface area contributed by atoms with Crippen LogP contribution in [0.2, 0.25) is 0 Å². The van der Waals surface area contributed by atoms with Crippen molar-refractivity contribution in [3.05, 3.63) is 24.3 Å². The molecule has 0 rings (SSSR count). The summed E-state index contributed by atoms with van der Waals surface area (Å²) in [5.74, 6) is 0.824. The first-order valence-electron chi connectivity index (χ1n) is 18.7. The number of hydrogen-bond acceptors (Lipinski definition) is 1. The Morgan fingerprint density at radius 2 is 0.829 bits per heavy atom. The van der Waals surface area contributed by atoms with E-state index in [-0.39, 0.29) is 5.91 Å². The third kappa shape index (κ3) is 31.7. The highest BCUT2D eigenvalue weighted by atomic mass is 16.1. The molecule has 2 atom stereocenters. The molecule has 0 saturated heterocycles. The molecule has 1 amide bonds. The van der Waals surface area contributed by atoms with Crippen LogP contribution in [0.25, 0.3) is 0 Å². The summed E-state index contributed by atoms with van der Waals surface area (Å²) in [7, 11) is 0. The number of carbonyl (C=O) groups excluding carboxylic acids is 1. The van der Waals surface area contributed by atoms with Crippen LogP contribution in [-0.4, -0.2) is 11.9 Å². The third-order valence-corrected chi connectivity index (χ3v) is 8.83. The van der Waals surface area contributed by atoms with Gasteiger partial charge >= 0.3 is 0 Å². The van der Waals surface area contributed by atoms with Crippen molar-refractivity contribution >= 4 is 5.91 Å². The number of allylic oxidation sites excluding steroid dienone is 4. The van der Waals surface area contributed by atoms with E-state index in [2.05, 4.69) is 57.3 Å². The monoisotopic (exact) mass is 574 g/mol. The molecule has 0 fully saturated rings. The van der Waals surface area contributed by atoms with E-state index in [0.717, 1.165) is 6.42 Å². The quantitative estimate of drug-likeness (QED) is 0.0629. The number of unbranched alkanes of at least 4 members (excludes halogenated alkanes) is 22. The van der Waals surface area contributed by atoms with Crippen molar-refractivity contribution in [1.29, 1.82) is 0 Å². The van der Waals surface area contributed by atoms with E-state index in [1.54, 1.807) is 0 Å². The van der Waals surface area contributed by atoms with Gasteiger partial charge in [-0.25, -0.2) is 0 Å². The SMILES string of the molecule is CCCCCCCCC=CCCCCCCCC(=O)NC(C)C(C)CCCCCCCC=CCCCCCCCC. The molecular weight excluding hydrogens is 498 g/mol. The highest BCUT2D eigenvalue weighted by Gasteiger charge is 2.14. The highest BCUT2D eigenvalue weighted by molar-refractivity contribution is 5.76. The highest BCUT2D eigenvalue weighted by Crippen LogP contribution is 2.16. The molecule has 2 nitrogen and oxygen atoms in total. The van der Waals surface area contributed by atoms with Crippen molar-refractivity contribution in [3.63, 3.8) is 0 Å². The van der Waals surface area contributed by atoms with Crippen molar-refractivity contribution in [2.75, 3.05) is 0 Å². The lowest BCUT2D eigenvalue weighted by atomic mass is 9.95. The predicted octanol–water partition coefficient (Wildman–Crippen LogP) is 13.2. The van der Waals surface area contributed by atoms with Gasteiger partial charge in [0.15, 0.2) is 0 Å². The first kappa shape index (κ1) is 40.0. The Balaban J connectivity index is 3.48. The molecule has 0 bridgehead atoms. The molecule has 0 radical (unpaired) electrons. The van der Waals surface area contributed by atoms with Crippen molar-refractivity contribution < 1.29 is 4.79 Å². The molecule has 0 aliphatic heterocycles. The number of amides is 1. The van der Waals surface area contributed by atoms with Crippen LogP contribution in [0.15, 0.2) is 24.3 Å². The fourth-order valence-corrected chi connectivity index (χ4v) is 5.61. The van der Waals surface area contributed by atoms with Crippen LogP contribution in [0.4, 0.5) is 0 Å². The van der Waals surface area contributed by atoms with E-state index >= 15 is 0 Å². The summed E-state index contributed by atoms with van der Waals surface area (Å²) in [4.78, 5) is 12.4. The molecule has 2 heteroatoms. The Hall–Kier alpha value is -1.05. The average molecular weight is 574 g/mol. The second-order valence-electron chi connectivity index (χ2n) is 13.0. The topological polar surface area (TPSA) is 29.1 Å². The number of carbonyl (C=O) groups is 1. The minimum atomic E-state index is 0.256. The molecule has 0 aromatic rings. The molecule has 1 N–H and O–H groups in total. The van der Waals surface area contributed by atoms with Gasteiger partial charge in [-0.1, -0.05) is 154 Å². The van der Waals surface area contributed by atoms with Gasteiger partial charge in [0.1, 0.15) is 0 Å². The van der Waals surface area contributed by atoms with Gasteiger partial charge in [0.2, 0.25) is 5.91 Å². The summed E-state index contributed by atoms with van der Waals surface area (Å²) in [6.45, 7) is 9.07. The van der Waals surface area contributed by atoms with Gasteiger partial charge < -0.3 is 5.32 Å². The van der Waals surface area contributed by atoms with Gasteiger partial charge in [0.05, 0.1) is 0 Å². The molecule has 0 saturated carbocycles. The summed E-state index contributed by atoms with van der Waals surface area (Å²) in [5, 5.41) is 3.28. The zero-order valence-corrected chi connectivity index (χ0v) is 28.7. The maximum absolute atomic E-state index is 12.4. The van der Waals surface area contributed by atoms with E-state index in [4.69, 9.17) is 0 Å². The first-order valence-corrected chi connectivity index (χ1v) is 18.7. The number of hydrogen-bond donors (Lipinski definition) is 1. The smallest absolute Gasteiger partial charge is 0.220 e. The Bertz CT molecular complexity index is 580. The molecule has 0 aromatic carbocycles. The van der Waals surface area contributed by atoms with Gasteiger partial charge in [0.25, 0.3) is 0 Å². The fraction of sp³-hybridized carbons (Fsp3) is 0.872. The van der Waals surface area contributed by atoms with Crippen LogP contribution in [0, 0.1) is 5.92 Å². The van der Waals surface area contributed by atoms with Crippen LogP contribution in [-0.2, 0) is 4.79 Å². The molecule has 41 heavy (non-hydrogen) atoms. The molecule has 0 aliphatic carbocycles. The van der Waals surface area contributed by atoms with E-state index < -0.39 is 0 Å². The van der Waals surface area contributed by atoms with E-state index in [0.29, 0.717) is 18.4 Å². The second-order valence-corrected chi connectivity index (χ2v) is 13.0. The first-order chi connectivity index (χ1) is 20.1. The molecule has 0 spiro atoms. The lowest BCUT2D eigenvalue weighted by molar-refractivity contribution is -0.122. The van der Waals surface area contributed by atoms with Crippen molar-refractivity contribution in [2.24, 2.45) is 5.92 Å². The molecular formula is C39H75NO. The Morgan fingerprint density at radius 3 is 1.24 bits per heavy atom. The average Bonchev–Trinajstić information content (AvgIpc) is 2.96. The second kappa shape index (κ2) is 33.5. The zero-order chi connectivity index (χ0) is 30.1. The van der Waals surface area contributed by atoms with E-state index in [1.807, 2.05) is 0 Å². The summed E-state index contributed by atoms with van der Waals surface area (Å²) < 4.78 is 0. The minimum Gasteiger partial charge on any atom is -0.353 e. The Morgan fingerprint density at radius 1 is 0.488 bits per heavy atom. The van der Waals surface area contributed by atoms with Gasteiger partial charge in [-0.05, 0) is 77.0 Å². The molecule has 0 aliphatic rings. The zero-order valence-electron chi connectivity index (χ0n) is 28.7. The standard InChI is InChI=1S/C39H75NO/c1-5-7-9-11-13-15-17-19-21-23-25-27-29-31-33-35-37(3)38(4)40-39(41)36-34-32-30-28-26-24-22-20-18-16-14-12-10-8-6-2/h19-22,37-38H,5-18,23-36H2,1-4H3,(H,40,41). The fourth-order valence-electron chi connectivity index (χ4n) is 5.61. The summed E-state index contributed by atoms with van der Waals surface area (Å²) >= 11 is 0. The molecule has 242 valence electrons. The lowest BCUT2D eigenvalue weighted by Crippen LogP contribution is -2.36.